The summed E-state index contributed by atoms with van der Waals surface area (Å²) in [5.74, 6) is 1.31. The molecule has 0 spiro atoms. The number of rotatable bonds is 4. The van der Waals surface area contributed by atoms with Crippen molar-refractivity contribution in [2.75, 3.05) is 47.9 Å². The molecule has 1 N–H and O–H groups in total. The van der Waals surface area contributed by atoms with Gasteiger partial charge in [-0.05, 0) is 35.4 Å². The van der Waals surface area contributed by atoms with Gasteiger partial charge in [0.05, 0.1) is 17.2 Å². The van der Waals surface area contributed by atoms with Gasteiger partial charge in [0, 0.05) is 55.5 Å². The van der Waals surface area contributed by atoms with Crippen LogP contribution in [-0.2, 0) is 22.9 Å². The fraction of sp³-hybridized carbons (Fsp3) is 0.421. The van der Waals surface area contributed by atoms with Gasteiger partial charge in [-0.1, -0.05) is 23.2 Å². The molecule has 150 valence electrons. The number of hydrogen-bond acceptors (Lipinski definition) is 6. The van der Waals surface area contributed by atoms with E-state index in [-0.39, 0.29) is 11.5 Å². The third-order valence-corrected chi connectivity index (χ3v) is 7.36. The van der Waals surface area contributed by atoms with Crippen LogP contribution in [0.15, 0.2) is 30.5 Å². The summed E-state index contributed by atoms with van der Waals surface area (Å²) in [5.41, 5.74) is 3.09. The quantitative estimate of drug-likeness (QED) is 0.787. The maximum Gasteiger partial charge on any atom is 0.152 e. The molecule has 3 heterocycles. The molecule has 1 aromatic carbocycles. The van der Waals surface area contributed by atoms with Crippen molar-refractivity contribution in [3.8, 4) is 0 Å². The molecule has 6 nitrogen and oxygen atoms in total. The lowest BCUT2D eigenvalue weighted by Gasteiger charge is -2.32. The van der Waals surface area contributed by atoms with Crippen LogP contribution in [0.3, 0.4) is 0 Å². The molecule has 9 heteroatoms. The van der Waals surface area contributed by atoms with E-state index < -0.39 is 9.84 Å². The molecule has 1 saturated heterocycles. The number of fused-ring (bicyclic) bond motifs is 1. The largest absolute Gasteiger partial charge is 0.367 e. The average molecular weight is 441 g/mol. The minimum absolute atomic E-state index is 0.228. The molecule has 0 aliphatic carbocycles. The molecule has 0 saturated carbocycles. The molecule has 0 bridgehead atoms. The zero-order valence-electron chi connectivity index (χ0n) is 15.4. The van der Waals surface area contributed by atoms with Crippen LogP contribution in [0.5, 0.6) is 0 Å². The predicted octanol–water partition coefficient (Wildman–Crippen LogP) is 3.05. The van der Waals surface area contributed by atoms with Crippen LogP contribution >= 0.6 is 23.2 Å². The third-order valence-electron chi connectivity index (χ3n) is 5.15. The smallest absolute Gasteiger partial charge is 0.152 e. The highest BCUT2D eigenvalue weighted by Gasteiger charge is 2.23. The topological polar surface area (TPSA) is 65.5 Å². The van der Waals surface area contributed by atoms with Crippen molar-refractivity contribution in [1.29, 1.82) is 0 Å². The average Bonchev–Trinajstić information content (AvgIpc) is 2.67. The molecule has 28 heavy (non-hydrogen) atoms. The number of nitrogens with one attached hydrogen (secondary N) is 1. The molecule has 2 aromatic rings. The molecule has 2 aliphatic heterocycles. The Hall–Kier alpha value is -1.54. The highest BCUT2D eigenvalue weighted by atomic mass is 35.5. The van der Waals surface area contributed by atoms with Gasteiger partial charge in [0.15, 0.2) is 9.84 Å². The Morgan fingerprint density at radius 3 is 2.64 bits per heavy atom. The number of aromatic nitrogens is 1. The molecule has 0 radical (unpaired) electrons. The van der Waals surface area contributed by atoms with Crippen molar-refractivity contribution in [1.82, 2.24) is 9.88 Å². The maximum absolute atomic E-state index is 11.6. The van der Waals surface area contributed by atoms with E-state index in [0.717, 1.165) is 35.7 Å². The highest BCUT2D eigenvalue weighted by Crippen LogP contribution is 2.31. The van der Waals surface area contributed by atoms with Crippen LogP contribution in [0, 0.1) is 0 Å². The molecule has 1 fully saturated rings. The van der Waals surface area contributed by atoms with Gasteiger partial charge in [-0.15, -0.1) is 0 Å². The summed E-state index contributed by atoms with van der Waals surface area (Å²) in [6, 6.07) is 7.64. The second kappa shape index (κ2) is 8.06. The number of sulfone groups is 1. The summed E-state index contributed by atoms with van der Waals surface area (Å²) in [5, 5.41) is 4.71. The molecule has 0 atom stereocenters. The maximum atomic E-state index is 11.6. The number of nitrogens with zero attached hydrogens (tertiary/aromatic N) is 3. The zero-order valence-corrected chi connectivity index (χ0v) is 17.7. The van der Waals surface area contributed by atoms with Gasteiger partial charge in [0.25, 0.3) is 0 Å². The molecule has 0 unspecified atom stereocenters. The number of anilines is 2. The zero-order chi connectivity index (χ0) is 19.7. The highest BCUT2D eigenvalue weighted by molar-refractivity contribution is 7.91. The van der Waals surface area contributed by atoms with E-state index in [1.54, 1.807) is 6.07 Å². The van der Waals surface area contributed by atoms with Gasteiger partial charge >= 0.3 is 0 Å². The normalized spacial score (nSPS) is 19.1. The van der Waals surface area contributed by atoms with Crippen molar-refractivity contribution in [3.05, 3.63) is 51.6 Å². The second-order valence-electron chi connectivity index (χ2n) is 7.22. The summed E-state index contributed by atoms with van der Waals surface area (Å²) >= 11 is 12.5. The minimum Gasteiger partial charge on any atom is -0.367 e. The van der Waals surface area contributed by atoms with E-state index >= 15 is 0 Å². The number of hydrogen-bond donors (Lipinski definition) is 1. The molecule has 4 rings (SSSR count). The first-order valence-corrected chi connectivity index (χ1v) is 11.8. The third kappa shape index (κ3) is 4.54. The van der Waals surface area contributed by atoms with Crippen molar-refractivity contribution in [2.45, 2.75) is 13.1 Å². The fourth-order valence-electron chi connectivity index (χ4n) is 3.59. The molecular formula is C19H22Cl2N4O2S. The SMILES string of the molecule is O=S1(=O)CCN(Cc2cnc3c(c2)N(Cc2cc(Cl)ccc2Cl)CCN3)CC1. The fourth-order valence-corrected chi connectivity index (χ4v) is 5.24. The predicted molar refractivity (Wildman–Crippen MR) is 114 cm³/mol. The van der Waals surface area contributed by atoms with Crippen molar-refractivity contribution < 1.29 is 8.42 Å². The van der Waals surface area contributed by atoms with Gasteiger partial charge in [-0.2, -0.15) is 0 Å². The molecule has 1 aromatic heterocycles. The number of benzene rings is 1. The minimum atomic E-state index is -2.87. The summed E-state index contributed by atoms with van der Waals surface area (Å²) in [6.45, 7) is 4.13. The van der Waals surface area contributed by atoms with Gasteiger partial charge in [-0.25, -0.2) is 13.4 Å². The van der Waals surface area contributed by atoms with Crippen LogP contribution in [0.25, 0.3) is 0 Å². The van der Waals surface area contributed by atoms with Crippen molar-refractivity contribution in [3.63, 3.8) is 0 Å². The Morgan fingerprint density at radius 2 is 1.86 bits per heavy atom. The molecule has 2 aliphatic rings. The summed E-state index contributed by atoms with van der Waals surface area (Å²) in [6.07, 6.45) is 1.87. The Bertz CT molecular complexity index is 970. The van der Waals surface area contributed by atoms with E-state index in [9.17, 15) is 8.42 Å². The van der Waals surface area contributed by atoms with E-state index in [4.69, 9.17) is 23.2 Å². The van der Waals surface area contributed by atoms with Gasteiger partial charge in [0.1, 0.15) is 5.82 Å². The number of halogens is 2. The van der Waals surface area contributed by atoms with Gasteiger partial charge in [-0.3, -0.25) is 4.90 Å². The lowest BCUT2D eigenvalue weighted by molar-refractivity contribution is 0.287. The first kappa shape index (κ1) is 19.8. The Balaban J connectivity index is 1.53. The van der Waals surface area contributed by atoms with E-state index in [2.05, 4.69) is 26.2 Å². The Morgan fingerprint density at radius 1 is 1.07 bits per heavy atom. The summed E-state index contributed by atoms with van der Waals surface area (Å²) < 4.78 is 23.3. The van der Waals surface area contributed by atoms with Crippen molar-refractivity contribution in [2.24, 2.45) is 0 Å². The lowest BCUT2D eigenvalue weighted by atomic mass is 10.1. The van der Waals surface area contributed by atoms with E-state index in [1.165, 1.54) is 0 Å². The molecule has 0 amide bonds. The number of pyridine rings is 1. The van der Waals surface area contributed by atoms with E-state index in [1.807, 2.05) is 18.3 Å². The Kier molecular flexibility index (Phi) is 5.69. The lowest BCUT2D eigenvalue weighted by Crippen LogP contribution is -2.39. The second-order valence-corrected chi connectivity index (χ2v) is 10.4. The first-order chi connectivity index (χ1) is 13.4. The van der Waals surface area contributed by atoms with Crippen LogP contribution in [0.4, 0.5) is 11.5 Å². The van der Waals surface area contributed by atoms with Crippen LogP contribution in [-0.4, -0.2) is 56.0 Å². The van der Waals surface area contributed by atoms with Crippen LogP contribution < -0.4 is 10.2 Å². The summed E-state index contributed by atoms with van der Waals surface area (Å²) in [7, 11) is -2.87. The van der Waals surface area contributed by atoms with Gasteiger partial charge in [0.2, 0.25) is 0 Å². The van der Waals surface area contributed by atoms with E-state index in [0.29, 0.717) is 36.2 Å². The Labute approximate surface area is 175 Å². The standard InChI is InChI=1S/C19H22Cl2N4O2S/c20-16-1-2-17(21)15(10-16)13-25-4-3-22-19-18(25)9-14(11-23-19)12-24-5-7-28(26,27)8-6-24/h1-2,9-11H,3-8,12-13H2,(H,22,23). The van der Waals surface area contributed by atoms with Gasteiger partial charge < -0.3 is 10.2 Å². The summed E-state index contributed by atoms with van der Waals surface area (Å²) in [4.78, 5) is 9.00. The van der Waals surface area contributed by atoms with Crippen LogP contribution in [0.1, 0.15) is 11.1 Å². The first-order valence-electron chi connectivity index (χ1n) is 9.24. The van der Waals surface area contributed by atoms with Crippen molar-refractivity contribution >= 4 is 44.5 Å². The molecular weight excluding hydrogens is 419 g/mol. The van der Waals surface area contributed by atoms with Crippen LogP contribution in [0.2, 0.25) is 10.0 Å². The monoisotopic (exact) mass is 440 g/mol.